The second kappa shape index (κ2) is 3.57. The van der Waals surface area contributed by atoms with Crippen LogP contribution in [0.2, 0.25) is 0 Å². The predicted molar refractivity (Wildman–Crippen MR) is 62.9 cm³/mol. The van der Waals surface area contributed by atoms with Gasteiger partial charge in [0, 0.05) is 3.57 Å². The Morgan fingerprint density at radius 3 is 2.67 bits per heavy atom. The van der Waals surface area contributed by atoms with E-state index in [4.69, 9.17) is 9.47 Å². The standard InChI is InChI=1S/C8H6I2O2/c9-5-3-6(10)8-7(4-5)11-1-2-12-8/h3-4H,1-2H2. The van der Waals surface area contributed by atoms with Crippen LogP contribution in [0.1, 0.15) is 0 Å². The van der Waals surface area contributed by atoms with Crippen LogP contribution in [0.4, 0.5) is 0 Å². The van der Waals surface area contributed by atoms with Crippen LogP contribution < -0.4 is 9.47 Å². The Hall–Kier alpha value is 0.280. The van der Waals surface area contributed by atoms with Crippen LogP contribution in [0.5, 0.6) is 11.5 Å². The molecule has 0 N–H and O–H groups in total. The van der Waals surface area contributed by atoms with E-state index in [0.717, 1.165) is 15.1 Å². The van der Waals surface area contributed by atoms with Gasteiger partial charge in [0.15, 0.2) is 11.5 Å². The van der Waals surface area contributed by atoms with E-state index in [1.807, 2.05) is 6.07 Å². The van der Waals surface area contributed by atoms with Gasteiger partial charge in [-0.05, 0) is 57.3 Å². The van der Waals surface area contributed by atoms with Crippen LogP contribution in [-0.2, 0) is 0 Å². The topological polar surface area (TPSA) is 18.5 Å². The van der Waals surface area contributed by atoms with Gasteiger partial charge in [0.05, 0.1) is 3.57 Å². The molecule has 4 heteroatoms. The summed E-state index contributed by atoms with van der Waals surface area (Å²) in [5.74, 6) is 1.76. The maximum absolute atomic E-state index is 5.47. The molecule has 12 heavy (non-hydrogen) atoms. The lowest BCUT2D eigenvalue weighted by molar-refractivity contribution is 0.170. The average Bonchev–Trinajstić information content (AvgIpc) is 2.04. The third kappa shape index (κ3) is 1.63. The quantitative estimate of drug-likeness (QED) is 0.637. The van der Waals surface area contributed by atoms with Crippen molar-refractivity contribution in [3.8, 4) is 11.5 Å². The number of fused-ring (bicyclic) bond motifs is 1. The number of halogens is 2. The summed E-state index contributed by atoms with van der Waals surface area (Å²) in [6.45, 7) is 1.31. The second-order valence-corrected chi connectivity index (χ2v) is 4.82. The van der Waals surface area contributed by atoms with Gasteiger partial charge in [-0.1, -0.05) is 0 Å². The monoisotopic (exact) mass is 388 g/mol. The van der Waals surface area contributed by atoms with Gasteiger partial charge in [0.2, 0.25) is 0 Å². The molecule has 0 unspecified atom stereocenters. The lowest BCUT2D eigenvalue weighted by atomic mass is 10.3. The molecule has 64 valence electrons. The second-order valence-electron chi connectivity index (χ2n) is 2.41. The molecule has 0 aromatic heterocycles. The Kier molecular flexibility index (Phi) is 2.63. The van der Waals surface area contributed by atoms with Gasteiger partial charge in [-0.25, -0.2) is 0 Å². The van der Waals surface area contributed by atoms with Crippen LogP contribution in [-0.4, -0.2) is 13.2 Å². The maximum atomic E-state index is 5.47. The molecule has 0 radical (unpaired) electrons. The Labute approximate surface area is 97.9 Å². The van der Waals surface area contributed by atoms with Crippen LogP contribution in [0, 0.1) is 7.14 Å². The lowest BCUT2D eigenvalue weighted by Gasteiger charge is -2.19. The van der Waals surface area contributed by atoms with Gasteiger partial charge < -0.3 is 9.47 Å². The van der Waals surface area contributed by atoms with Crippen molar-refractivity contribution in [2.75, 3.05) is 13.2 Å². The Balaban J connectivity index is 2.53. The summed E-state index contributed by atoms with van der Waals surface area (Å²) in [5.41, 5.74) is 0. The number of hydrogen-bond donors (Lipinski definition) is 0. The highest BCUT2D eigenvalue weighted by atomic mass is 127. The summed E-state index contributed by atoms with van der Waals surface area (Å²) in [7, 11) is 0. The zero-order valence-electron chi connectivity index (χ0n) is 6.14. The minimum Gasteiger partial charge on any atom is -0.486 e. The van der Waals surface area contributed by atoms with E-state index in [0.29, 0.717) is 13.2 Å². The molecule has 0 atom stereocenters. The molecule has 2 rings (SSSR count). The number of benzene rings is 1. The van der Waals surface area contributed by atoms with E-state index in [1.54, 1.807) is 0 Å². The summed E-state index contributed by atoms with van der Waals surface area (Å²) in [5, 5.41) is 0. The minimum atomic E-state index is 0.656. The van der Waals surface area contributed by atoms with Gasteiger partial charge in [0.1, 0.15) is 13.2 Å². The van der Waals surface area contributed by atoms with Gasteiger partial charge in [-0.3, -0.25) is 0 Å². The van der Waals surface area contributed by atoms with E-state index in [-0.39, 0.29) is 0 Å². The highest BCUT2D eigenvalue weighted by molar-refractivity contribution is 14.1. The third-order valence-electron chi connectivity index (χ3n) is 1.56. The zero-order valence-corrected chi connectivity index (χ0v) is 10.5. The van der Waals surface area contributed by atoms with Crippen molar-refractivity contribution in [1.29, 1.82) is 0 Å². The van der Waals surface area contributed by atoms with E-state index in [9.17, 15) is 0 Å². The van der Waals surface area contributed by atoms with Crippen LogP contribution >= 0.6 is 45.2 Å². The van der Waals surface area contributed by atoms with Crippen molar-refractivity contribution in [1.82, 2.24) is 0 Å². The van der Waals surface area contributed by atoms with Crippen molar-refractivity contribution >= 4 is 45.2 Å². The molecule has 0 amide bonds. The zero-order chi connectivity index (χ0) is 8.55. The maximum Gasteiger partial charge on any atom is 0.174 e. The molecule has 0 spiro atoms. The number of ether oxygens (including phenoxy) is 2. The van der Waals surface area contributed by atoms with Crippen molar-refractivity contribution < 1.29 is 9.47 Å². The molecule has 1 aliphatic heterocycles. The fourth-order valence-corrected chi connectivity index (χ4v) is 3.03. The summed E-state index contributed by atoms with van der Waals surface area (Å²) < 4.78 is 13.2. The summed E-state index contributed by atoms with van der Waals surface area (Å²) in [4.78, 5) is 0. The molecule has 1 heterocycles. The van der Waals surface area contributed by atoms with Crippen LogP contribution in [0.15, 0.2) is 12.1 Å². The van der Waals surface area contributed by atoms with Crippen LogP contribution in [0.25, 0.3) is 0 Å². The molecule has 1 aliphatic rings. The molecular weight excluding hydrogens is 382 g/mol. The first-order chi connectivity index (χ1) is 5.77. The van der Waals surface area contributed by atoms with Crippen molar-refractivity contribution in [2.24, 2.45) is 0 Å². The van der Waals surface area contributed by atoms with Crippen molar-refractivity contribution in [3.05, 3.63) is 19.3 Å². The molecule has 1 aromatic rings. The molecule has 0 fully saturated rings. The molecular formula is C8H6I2O2. The Bertz CT molecular complexity index is 312. The fraction of sp³-hybridized carbons (Fsp3) is 0.250. The largest absolute Gasteiger partial charge is 0.486 e. The number of rotatable bonds is 0. The highest BCUT2D eigenvalue weighted by Crippen LogP contribution is 2.36. The third-order valence-corrected chi connectivity index (χ3v) is 2.99. The number of hydrogen-bond acceptors (Lipinski definition) is 2. The van der Waals surface area contributed by atoms with Gasteiger partial charge in [-0.2, -0.15) is 0 Å². The summed E-state index contributed by atoms with van der Waals surface area (Å²) in [6.07, 6.45) is 0. The summed E-state index contributed by atoms with van der Waals surface area (Å²) in [6, 6.07) is 4.08. The molecule has 0 saturated carbocycles. The first-order valence-electron chi connectivity index (χ1n) is 3.52. The molecule has 1 aromatic carbocycles. The first-order valence-corrected chi connectivity index (χ1v) is 5.68. The Morgan fingerprint density at radius 1 is 1.08 bits per heavy atom. The minimum absolute atomic E-state index is 0.656. The smallest absolute Gasteiger partial charge is 0.174 e. The Morgan fingerprint density at radius 2 is 1.83 bits per heavy atom. The predicted octanol–water partition coefficient (Wildman–Crippen LogP) is 2.67. The summed E-state index contributed by atoms with van der Waals surface area (Å²) >= 11 is 4.53. The normalized spacial score (nSPS) is 14.5. The highest BCUT2D eigenvalue weighted by Gasteiger charge is 2.15. The SMILES string of the molecule is Ic1cc(I)c2c(c1)OCCO2. The van der Waals surface area contributed by atoms with Crippen LogP contribution in [0.3, 0.4) is 0 Å². The van der Waals surface area contributed by atoms with Gasteiger partial charge in [0.25, 0.3) is 0 Å². The lowest BCUT2D eigenvalue weighted by Crippen LogP contribution is -2.16. The van der Waals surface area contributed by atoms with E-state index in [1.165, 1.54) is 3.57 Å². The first kappa shape index (κ1) is 8.86. The van der Waals surface area contributed by atoms with Gasteiger partial charge >= 0.3 is 0 Å². The van der Waals surface area contributed by atoms with E-state index < -0.39 is 0 Å². The molecule has 0 aliphatic carbocycles. The van der Waals surface area contributed by atoms with E-state index in [2.05, 4.69) is 51.2 Å². The van der Waals surface area contributed by atoms with Gasteiger partial charge in [-0.15, -0.1) is 0 Å². The molecule has 0 bridgehead atoms. The van der Waals surface area contributed by atoms with Crippen molar-refractivity contribution in [3.63, 3.8) is 0 Å². The van der Waals surface area contributed by atoms with E-state index >= 15 is 0 Å². The fourth-order valence-electron chi connectivity index (χ4n) is 1.08. The van der Waals surface area contributed by atoms with Crippen molar-refractivity contribution in [2.45, 2.75) is 0 Å². The average molecular weight is 388 g/mol. The molecule has 2 nitrogen and oxygen atoms in total. The molecule has 0 saturated heterocycles.